The Labute approximate surface area is 118 Å². The van der Waals surface area contributed by atoms with Gasteiger partial charge in [0.05, 0.1) is 19.8 Å². The van der Waals surface area contributed by atoms with E-state index < -0.39 is 0 Å². The molecule has 0 aliphatic carbocycles. The minimum absolute atomic E-state index is 0.279. The Kier molecular flexibility index (Phi) is 4.98. The second kappa shape index (κ2) is 6.93. The molecule has 6 nitrogen and oxygen atoms in total. The van der Waals surface area contributed by atoms with Gasteiger partial charge in [0.2, 0.25) is 0 Å². The third-order valence-electron chi connectivity index (χ3n) is 2.95. The van der Waals surface area contributed by atoms with Gasteiger partial charge < -0.3 is 24.5 Å². The molecule has 20 heavy (non-hydrogen) atoms. The zero-order valence-electron chi connectivity index (χ0n) is 11.8. The molecule has 0 saturated carbocycles. The Balaban J connectivity index is 2.39. The monoisotopic (exact) mass is 277 g/mol. The number of hydrogen-bond acceptors (Lipinski definition) is 3. The predicted molar refractivity (Wildman–Crippen MR) is 75.6 cm³/mol. The van der Waals surface area contributed by atoms with Crippen LogP contribution in [0.5, 0.6) is 11.5 Å². The quantitative estimate of drug-likeness (QED) is 0.609. The van der Waals surface area contributed by atoms with Gasteiger partial charge in [-0.05, 0) is 26.0 Å². The van der Waals surface area contributed by atoms with Crippen LogP contribution in [0.3, 0.4) is 0 Å². The van der Waals surface area contributed by atoms with Crippen LogP contribution in [-0.4, -0.2) is 43.6 Å². The number of rotatable bonds is 5. The van der Waals surface area contributed by atoms with Crippen molar-refractivity contribution < 1.29 is 19.0 Å². The van der Waals surface area contributed by atoms with Crippen molar-refractivity contribution in [1.29, 1.82) is 0 Å². The zero-order chi connectivity index (χ0) is 14.4. The van der Waals surface area contributed by atoms with Crippen molar-refractivity contribution in [3.8, 4) is 11.5 Å². The number of benzene rings is 1. The molecule has 0 N–H and O–H groups in total. The summed E-state index contributed by atoms with van der Waals surface area (Å²) in [5.74, 6) is 1.96. The highest BCUT2D eigenvalue weighted by atomic mass is 16.5. The Bertz CT molecular complexity index is 512. The molecule has 6 heteroatoms. The first-order valence-corrected chi connectivity index (χ1v) is 6.76. The van der Waals surface area contributed by atoms with Crippen LogP contribution in [0.1, 0.15) is 13.8 Å². The molecule has 0 amide bonds. The van der Waals surface area contributed by atoms with Crippen LogP contribution in [-0.2, 0) is 4.74 Å². The number of ether oxygens (including phenoxy) is 3. The molecule has 1 aliphatic rings. The highest BCUT2D eigenvalue weighted by molar-refractivity contribution is 5.96. The van der Waals surface area contributed by atoms with Gasteiger partial charge in [-0.1, -0.05) is 0 Å². The summed E-state index contributed by atoms with van der Waals surface area (Å²) < 4.78 is 16.5. The minimum atomic E-state index is 0.279. The predicted octanol–water partition coefficient (Wildman–Crippen LogP) is 1.95. The largest absolute Gasteiger partial charge is 0.497 e. The summed E-state index contributed by atoms with van der Waals surface area (Å²) in [6, 6.07) is 5.63. The Morgan fingerprint density at radius 1 is 1.30 bits per heavy atom. The molecule has 1 aromatic rings. The van der Waals surface area contributed by atoms with E-state index in [1.54, 1.807) is 0 Å². The van der Waals surface area contributed by atoms with Gasteiger partial charge in [0, 0.05) is 6.07 Å². The zero-order valence-corrected chi connectivity index (χ0v) is 11.8. The maximum atomic E-state index is 9.11. The van der Waals surface area contributed by atoms with E-state index >= 15 is 0 Å². The van der Waals surface area contributed by atoms with Gasteiger partial charge in [-0.25, -0.2) is 4.90 Å². The lowest BCUT2D eigenvalue weighted by molar-refractivity contribution is -0.0244. The summed E-state index contributed by atoms with van der Waals surface area (Å²) in [6.07, 6.45) is 0. The maximum absolute atomic E-state index is 9.11. The third kappa shape index (κ3) is 3.10. The van der Waals surface area contributed by atoms with E-state index in [0.29, 0.717) is 32.2 Å². The molecule has 108 valence electrons. The van der Waals surface area contributed by atoms with E-state index in [-0.39, 0.29) is 6.61 Å². The molecule has 1 aliphatic heterocycles. The van der Waals surface area contributed by atoms with Crippen LogP contribution >= 0.6 is 0 Å². The minimum Gasteiger partial charge on any atom is -0.497 e. The average Bonchev–Trinajstić information content (AvgIpc) is 2.49. The maximum Gasteiger partial charge on any atom is 0.360 e. The lowest BCUT2D eigenvalue weighted by Gasteiger charge is -2.23. The van der Waals surface area contributed by atoms with Gasteiger partial charge >= 0.3 is 5.84 Å². The van der Waals surface area contributed by atoms with E-state index in [1.165, 1.54) is 0 Å². The Morgan fingerprint density at radius 2 is 2.10 bits per heavy atom. The first-order valence-electron chi connectivity index (χ1n) is 6.76. The Morgan fingerprint density at radius 3 is 2.80 bits per heavy atom. The van der Waals surface area contributed by atoms with E-state index in [9.17, 15) is 0 Å². The van der Waals surface area contributed by atoms with Crippen molar-refractivity contribution in [3.63, 3.8) is 0 Å². The van der Waals surface area contributed by atoms with Crippen molar-refractivity contribution in [3.05, 3.63) is 23.7 Å². The lowest BCUT2D eigenvalue weighted by Crippen LogP contribution is -2.42. The second-order valence-electron chi connectivity index (χ2n) is 4.22. The average molecular weight is 277 g/mol. The first-order chi connectivity index (χ1) is 9.80. The SMILES string of the molecule is CCOc1ccc(OCC)c(N2CCOCC2=[N+]=[N-])c1. The summed E-state index contributed by atoms with van der Waals surface area (Å²) in [7, 11) is 0. The van der Waals surface area contributed by atoms with Gasteiger partial charge in [0.1, 0.15) is 12.3 Å². The number of nitrogens with zero attached hydrogens (tertiary/aromatic N) is 3. The Hall–Kier alpha value is -2.04. The van der Waals surface area contributed by atoms with Crippen molar-refractivity contribution >= 4 is 11.5 Å². The van der Waals surface area contributed by atoms with Gasteiger partial charge in [-0.3, -0.25) is 0 Å². The van der Waals surface area contributed by atoms with Crippen LogP contribution in [0.15, 0.2) is 18.2 Å². The van der Waals surface area contributed by atoms with Gasteiger partial charge in [0.25, 0.3) is 0 Å². The molecule has 1 saturated heterocycles. The first kappa shape index (κ1) is 14.4. The van der Waals surface area contributed by atoms with Crippen molar-refractivity contribution in [1.82, 2.24) is 0 Å². The highest BCUT2D eigenvalue weighted by Gasteiger charge is 2.30. The number of morpholine rings is 1. The fourth-order valence-corrected chi connectivity index (χ4v) is 2.11. The molecule has 1 fully saturated rings. The molecule has 0 radical (unpaired) electrons. The molecular formula is C14H19N3O3. The van der Waals surface area contributed by atoms with E-state index in [4.69, 9.17) is 19.7 Å². The fourth-order valence-electron chi connectivity index (χ4n) is 2.11. The van der Waals surface area contributed by atoms with Crippen molar-refractivity contribution in [2.75, 3.05) is 37.9 Å². The van der Waals surface area contributed by atoms with Crippen LogP contribution in [0.4, 0.5) is 5.69 Å². The van der Waals surface area contributed by atoms with Crippen LogP contribution in [0.2, 0.25) is 0 Å². The molecule has 0 spiro atoms. The normalized spacial score (nSPS) is 14.9. The van der Waals surface area contributed by atoms with Crippen molar-refractivity contribution in [2.45, 2.75) is 13.8 Å². The number of hydrogen-bond donors (Lipinski definition) is 0. The number of anilines is 1. The van der Waals surface area contributed by atoms with Crippen LogP contribution in [0.25, 0.3) is 5.53 Å². The molecule has 1 heterocycles. The van der Waals surface area contributed by atoms with E-state index in [2.05, 4.69) is 4.79 Å². The lowest BCUT2D eigenvalue weighted by atomic mass is 10.2. The summed E-state index contributed by atoms with van der Waals surface area (Å²) >= 11 is 0. The molecule has 0 aromatic heterocycles. The summed E-state index contributed by atoms with van der Waals surface area (Å²) in [6.45, 7) is 6.49. The van der Waals surface area contributed by atoms with Crippen molar-refractivity contribution in [2.24, 2.45) is 0 Å². The van der Waals surface area contributed by atoms with E-state index in [1.807, 2.05) is 36.9 Å². The molecule has 0 unspecified atom stereocenters. The third-order valence-corrected chi connectivity index (χ3v) is 2.95. The molecule has 1 aromatic carbocycles. The summed E-state index contributed by atoms with van der Waals surface area (Å²) in [5, 5.41) is 0. The number of amidine groups is 1. The second-order valence-corrected chi connectivity index (χ2v) is 4.22. The van der Waals surface area contributed by atoms with E-state index in [0.717, 1.165) is 17.2 Å². The molecular weight excluding hydrogens is 258 g/mol. The van der Waals surface area contributed by atoms with Gasteiger partial charge in [-0.2, -0.15) is 0 Å². The summed E-state index contributed by atoms with van der Waals surface area (Å²) in [4.78, 5) is 5.19. The van der Waals surface area contributed by atoms with Crippen LogP contribution < -0.4 is 14.4 Å². The smallest absolute Gasteiger partial charge is 0.360 e. The summed E-state index contributed by atoms with van der Waals surface area (Å²) in [5.41, 5.74) is 9.94. The molecule has 0 atom stereocenters. The van der Waals surface area contributed by atoms with Crippen LogP contribution in [0, 0.1) is 0 Å². The fraction of sp³-hybridized carbons (Fsp3) is 0.500. The molecule has 0 bridgehead atoms. The topological polar surface area (TPSA) is 67.3 Å². The van der Waals surface area contributed by atoms with Gasteiger partial charge in [0.15, 0.2) is 18.0 Å². The van der Waals surface area contributed by atoms with Gasteiger partial charge in [-0.15, -0.1) is 0 Å². The molecule has 2 rings (SSSR count). The highest BCUT2D eigenvalue weighted by Crippen LogP contribution is 2.33. The standard InChI is InChI=1S/C14H19N3O3/c1-3-19-11-5-6-13(20-4-2)12(9-11)17-7-8-18-10-14(17)16-15/h5-6,9H,3-4,7-8,10H2,1-2H3.